The molecule has 2 aromatic carbocycles. The fourth-order valence-electron chi connectivity index (χ4n) is 1.76. The van der Waals surface area contributed by atoms with Crippen LogP contribution in [0.15, 0.2) is 45.8 Å². The van der Waals surface area contributed by atoms with E-state index in [-0.39, 0.29) is 11.5 Å². The molecule has 0 saturated heterocycles. The van der Waals surface area contributed by atoms with E-state index in [0.29, 0.717) is 20.7 Å². The Morgan fingerprint density at radius 2 is 1.95 bits per heavy atom. The predicted molar refractivity (Wildman–Crippen MR) is 87.1 cm³/mol. The van der Waals surface area contributed by atoms with Gasteiger partial charge in [-0.2, -0.15) is 0 Å². The van der Waals surface area contributed by atoms with E-state index in [1.165, 1.54) is 18.2 Å². The number of aryl methyl sites for hydroxylation is 1. The molecule has 4 nitrogen and oxygen atoms in total. The molecule has 0 bridgehead atoms. The van der Waals surface area contributed by atoms with E-state index < -0.39 is 10.0 Å². The molecular formula is C14H13BrClNO3S. The van der Waals surface area contributed by atoms with Crippen molar-refractivity contribution in [1.29, 1.82) is 0 Å². The predicted octanol–water partition coefficient (Wildman–Crippen LogP) is 3.70. The summed E-state index contributed by atoms with van der Waals surface area (Å²) in [7, 11) is -3.75. The van der Waals surface area contributed by atoms with Crippen LogP contribution in [-0.2, 0) is 16.6 Å². The van der Waals surface area contributed by atoms with Crippen molar-refractivity contribution in [1.82, 2.24) is 0 Å². The third-order valence-electron chi connectivity index (χ3n) is 2.97. The zero-order chi connectivity index (χ0) is 15.6. The summed E-state index contributed by atoms with van der Waals surface area (Å²) < 4.78 is 27.8. The van der Waals surface area contributed by atoms with Crippen molar-refractivity contribution in [2.24, 2.45) is 0 Å². The lowest BCUT2D eigenvalue weighted by atomic mass is 10.1. The van der Waals surface area contributed by atoms with Crippen LogP contribution in [0.1, 0.15) is 11.1 Å². The molecule has 0 aromatic heterocycles. The van der Waals surface area contributed by atoms with E-state index in [2.05, 4.69) is 20.7 Å². The SMILES string of the molecule is Cc1ccc(S(=O)(=O)Nc2cc(Cl)ccc2Br)cc1CO. The first kappa shape index (κ1) is 16.3. The van der Waals surface area contributed by atoms with Gasteiger partial charge < -0.3 is 5.11 Å². The molecule has 0 saturated carbocycles. The summed E-state index contributed by atoms with van der Waals surface area (Å²) >= 11 is 9.14. The maximum absolute atomic E-state index is 12.4. The average Bonchev–Trinajstić information content (AvgIpc) is 2.43. The average molecular weight is 391 g/mol. The largest absolute Gasteiger partial charge is 0.392 e. The van der Waals surface area contributed by atoms with Gasteiger partial charge in [0, 0.05) is 9.50 Å². The molecule has 2 rings (SSSR count). The number of hydrogen-bond acceptors (Lipinski definition) is 3. The number of aliphatic hydroxyl groups is 1. The van der Waals surface area contributed by atoms with Crippen molar-refractivity contribution < 1.29 is 13.5 Å². The topological polar surface area (TPSA) is 66.4 Å². The van der Waals surface area contributed by atoms with Crippen LogP contribution in [0.5, 0.6) is 0 Å². The van der Waals surface area contributed by atoms with Gasteiger partial charge in [0.2, 0.25) is 0 Å². The lowest BCUT2D eigenvalue weighted by molar-refractivity contribution is 0.281. The van der Waals surface area contributed by atoms with Gasteiger partial charge in [-0.15, -0.1) is 0 Å². The summed E-state index contributed by atoms with van der Waals surface area (Å²) in [5.74, 6) is 0. The number of aliphatic hydroxyl groups excluding tert-OH is 1. The Morgan fingerprint density at radius 1 is 1.24 bits per heavy atom. The first-order chi connectivity index (χ1) is 9.83. The molecule has 21 heavy (non-hydrogen) atoms. The standard InChI is InChI=1S/C14H13BrClNO3S/c1-9-2-4-12(6-10(9)8-18)21(19,20)17-14-7-11(16)3-5-13(14)15/h2-7,17-18H,8H2,1H3. The summed E-state index contributed by atoms with van der Waals surface area (Å²) in [5, 5.41) is 9.67. The van der Waals surface area contributed by atoms with E-state index in [9.17, 15) is 13.5 Å². The van der Waals surface area contributed by atoms with Crippen LogP contribution < -0.4 is 4.72 Å². The molecule has 0 radical (unpaired) electrons. The minimum atomic E-state index is -3.75. The summed E-state index contributed by atoms with van der Waals surface area (Å²) in [4.78, 5) is 0.0871. The van der Waals surface area contributed by atoms with Crippen LogP contribution in [0.25, 0.3) is 0 Å². The van der Waals surface area contributed by atoms with Crippen molar-refractivity contribution >= 4 is 43.2 Å². The summed E-state index contributed by atoms with van der Waals surface area (Å²) in [6, 6.07) is 9.44. The third kappa shape index (κ3) is 3.77. The number of rotatable bonds is 4. The molecule has 0 spiro atoms. The highest BCUT2D eigenvalue weighted by atomic mass is 79.9. The second kappa shape index (κ2) is 6.36. The van der Waals surface area contributed by atoms with Gasteiger partial charge in [-0.25, -0.2) is 8.42 Å². The molecule has 0 fully saturated rings. The van der Waals surface area contributed by atoms with Gasteiger partial charge in [0.15, 0.2) is 0 Å². The van der Waals surface area contributed by atoms with Crippen LogP contribution in [0, 0.1) is 6.92 Å². The highest BCUT2D eigenvalue weighted by Crippen LogP contribution is 2.28. The van der Waals surface area contributed by atoms with Gasteiger partial charge in [0.25, 0.3) is 10.0 Å². The zero-order valence-corrected chi connectivity index (χ0v) is 14.3. The van der Waals surface area contributed by atoms with Crippen LogP contribution in [-0.4, -0.2) is 13.5 Å². The van der Waals surface area contributed by atoms with Gasteiger partial charge in [-0.3, -0.25) is 4.72 Å². The van der Waals surface area contributed by atoms with Crippen LogP contribution in [0.4, 0.5) is 5.69 Å². The smallest absolute Gasteiger partial charge is 0.261 e. The summed E-state index contributed by atoms with van der Waals surface area (Å²) in [6.45, 7) is 1.60. The number of halogens is 2. The third-order valence-corrected chi connectivity index (χ3v) is 5.26. The van der Waals surface area contributed by atoms with E-state index in [4.69, 9.17) is 11.6 Å². The monoisotopic (exact) mass is 389 g/mol. The van der Waals surface area contributed by atoms with Crippen LogP contribution >= 0.6 is 27.5 Å². The Balaban J connectivity index is 2.41. The molecule has 0 heterocycles. The summed E-state index contributed by atoms with van der Waals surface area (Å²) in [6.07, 6.45) is 0. The molecule has 0 aliphatic carbocycles. The Hall–Kier alpha value is -1.08. The van der Waals surface area contributed by atoms with E-state index in [0.717, 1.165) is 5.56 Å². The fourth-order valence-corrected chi connectivity index (χ4v) is 3.53. The molecule has 0 amide bonds. The van der Waals surface area contributed by atoms with Gasteiger partial charge >= 0.3 is 0 Å². The maximum Gasteiger partial charge on any atom is 0.261 e. The quantitative estimate of drug-likeness (QED) is 0.836. The highest BCUT2D eigenvalue weighted by molar-refractivity contribution is 9.10. The molecule has 0 atom stereocenters. The number of anilines is 1. The minimum Gasteiger partial charge on any atom is -0.392 e. The summed E-state index contributed by atoms with van der Waals surface area (Å²) in [5.41, 5.74) is 1.76. The lowest BCUT2D eigenvalue weighted by Gasteiger charge is -2.12. The second-order valence-corrected chi connectivity index (χ2v) is 7.45. The van der Waals surface area contributed by atoms with Crippen molar-refractivity contribution in [3.63, 3.8) is 0 Å². The van der Waals surface area contributed by atoms with Crippen molar-refractivity contribution in [2.75, 3.05) is 4.72 Å². The van der Waals surface area contributed by atoms with Crippen LogP contribution in [0.2, 0.25) is 5.02 Å². The molecule has 0 unspecified atom stereocenters. The molecule has 112 valence electrons. The number of benzene rings is 2. The van der Waals surface area contributed by atoms with Gasteiger partial charge in [0.1, 0.15) is 0 Å². The molecule has 7 heteroatoms. The van der Waals surface area contributed by atoms with Gasteiger partial charge in [0.05, 0.1) is 17.2 Å². The van der Waals surface area contributed by atoms with Crippen molar-refractivity contribution in [2.45, 2.75) is 18.4 Å². The van der Waals surface area contributed by atoms with Gasteiger partial charge in [-0.05, 0) is 64.3 Å². The van der Waals surface area contributed by atoms with E-state index >= 15 is 0 Å². The number of nitrogens with one attached hydrogen (secondary N) is 1. The number of hydrogen-bond donors (Lipinski definition) is 2. The molecular weight excluding hydrogens is 378 g/mol. The zero-order valence-electron chi connectivity index (χ0n) is 11.1. The number of sulfonamides is 1. The van der Waals surface area contributed by atoms with E-state index in [1.807, 2.05) is 6.92 Å². The first-order valence-electron chi connectivity index (χ1n) is 6.02. The molecule has 0 aliphatic heterocycles. The first-order valence-corrected chi connectivity index (χ1v) is 8.67. The Kier molecular flexibility index (Phi) is 4.93. The van der Waals surface area contributed by atoms with Crippen LogP contribution in [0.3, 0.4) is 0 Å². The Morgan fingerprint density at radius 3 is 2.62 bits per heavy atom. The fraction of sp³-hybridized carbons (Fsp3) is 0.143. The molecule has 0 aliphatic rings. The molecule has 2 aromatic rings. The Bertz CT molecular complexity index is 778. The lowest BCUT2D eigenvalue weighted by Crippen LogP contribution is -2.14. The highest BCUT2D eigenvalue weighted by Gasteiger charge is 2.17. The van der Waals surface area contributed by atoms with E-state index in [1.54, 1.807) is 18.2 Å². The van der Waals surface area contributed by atoms with Crippen molar-refractivity contribution in [3.05, 3.63) is 57.0 Å². The van der Waals surface area contributed by atoms with Crippen molar-refractivity contribution in [3.8, 4) is 0 Å². The Labute approximate surface area is 136 Å². The minimum absolute atomic E-state index is 0.0871. The second-order valence-electron chi connectivity index (χ2n) is 4.48. The molecule has 2 N–H and O–H groups in total. The maximum atomic E-state index is 12.4. The normalized spacial score (nSPS) is 11.4. The van der Waals surface area contributed by atoms with Gasteiger partial charge in [-0.1, -0.05) is 17.7 Å².